The number of amides is 1. The molecule has 0 saturated carbocycles. The maximum Gasteiger partial charge on any atom is 0.251 e. The Kier molecular flexibility index (Phi) is 6.91. The standard InChI is InChI=1S/C24H33N5O3/c1-4-9-18-21-22(28(3)27-18)24(31)26-23(25-21)17-14-16(10-11-20(17)32-5-2)19(30)15-29-12-7-6-8-13-29/h10-11,14,22,27H,4-9,12-13,15H2,1-3H3,(H,25,26,31). The molecule has 4 rings (SSSR count). The highest BCUT2D eigenvalue weighted by Gasteiger charge is 2.39. The van der Waals surface area contributed by atoms with Crippen molar-refractivity contribution in [2.24, 2.45) is 4.99 Å². The smallest absolute Gasteiger partial charge is 0.251 e. The lowest BCUT2D eigenvalue weighted by Crippen LogP contribution is -2.50. The predicted molar refractivity (Wildman–Crippen MR) is 124 cm³/mol. The van der Waals surface area contributed by atoms with Gasteiger partial charge in [-0.3, -0.25) is 14.5 Å². The fraction of sp³-hybridized carbons (Fsp3) is 0.542. The van der Waals surface area contributed by atoms with Gasteiger partial charge in [-0.2, -0.15) is 0 Å². The van der Waals surface area contributed by atoms with Crippen LogP contribution in [0.4, 0.5) is 0 Å². The molecule has 0 bridgehead atoms. The fourth-order valence-corrected chi connectivity index (χ4v) is 4.59. The second kappa shape index (κ2) is 9.83. The van der Waals surface area contributed by atoms with Crippen molar-refractivity contribution in [1.29, 1.82) is 0 Å². The second-order valence-corrected chi connectivity index (χ2v) is 8.59. The molecular formula is C24H33N5O3. The highest BCUT2D eigenvalue weighted by molar-refractivity contribution is 6.14. The molecule has 1 saturated heterocycles. The first kappa shape index (κ1) is 22.5. The topological polar surface area (TPSA) is 86.3 Å². The molecule has 1 amide bonds. The summed E-state index contributed by atoms with van der Waals surface area (Å²) in [5.74, 6) is 0.975. The molecule has 8 nitrogen and oxygen atoms in total. The number of ketones is 1. The maximum atomic E-state index is 13.0. The van der Waals surface area contributed by atoms with Gasteiger partial charge in [0.05, 0.1) is 30.1 Å². The number of piperidine rings is 1. The summed E-state index contributed by atoms with van der Waals surface area (Å²) in [5.41, 5.74) is 6.21. The summed E-state index contributed by atoms with van der Waals surface area (Å²) < 4.78 is 5.82. The minimum Gasteiger partial charge on any atom is -0.493 e. The molecule has 32 heavy (non-hydrogen) atoms. The first-order chi connectivity index (χ1) is 15.5. The number of nitrogens with zero attached hydrogens (tertiary/aromatic N) is 3. The average Bonchev–Trinajstić information content (AvgIpc) is 3.10. The number of rotatable bonds is 8. The predicted octanol–water partition coefficient (Wildman–Crippen LogP) is 2.46. The summed E-state index contributed by atoms with van der Waals surface area (Å²) in [5, 5.41) is 4.73. The minimum atomic E-state index is -0.459. The van der Waals surface area contributed by atoms with E-state index in [-0.39, 0.29) is 11.7 Å². The lowest BCUT2D eigenvalue weighted by molar-refractivity contribution is -0.123. The number of hydrogen-bond acceptors (Lipinski definition) is 7. The summed E-state index contributed by atoms with van der Waals surface area (Å²) in [6, 6.07) is 4.97. The van der Waals surface area contributed by atoms with Crippen LogP contribution >= 0.6 is 0 Å². The van der Waals surface area contributed by atoms with Crippen molar-refractivity contribution in [2.45, 2.75) is 52.0 Å². The van der Waals surface area contributed by atoms with Crippen molar-refractivity contribution in [3.8, 4) is 5.75 Å². The van der Waals surface area contributed by atoms with Gasteiger partial charge in [-0.15, -0.1) is 0 Å². The van der Waals surface area contributed by atoms with Crippen molar-refractivity contribution in [3.05, 3.63) is 40.7 Å². The molecule has 1 aromatic carbocycles. The number of nitrogens with one attached hydrogen (secondary N) is 2. The zero-order valence-electron chi connectivity index (χ0n) is 19.2. The van der Waals surface area contributed by atoms with Crippen LogP contribution in [0.1, 0.15) is 61.9 Å². The largest absolute Gasteiger partial charge is 0.493 e. The van der Waals surface area contributed by atoms with Gasteiger partial charge in [0.1, 0.15) is 11.6 Å². The average molecular weight is 440 g/mol. The number of aliphatic imine (C=N–C) groups is 1. The number of ether oxygens (including phenoxy) is 1. The van der Waals surface area contributed by atoms with Gasteiger partial charge >= 0.3 is 0 Å². The number of amidine groups is 1. The first-order valence-electron chi connectivity index (χ1n) is 11.7. The molecular weight excluding hydrogens is 406 g/mol. The van der Waals surface area contributed by atoms with E-state index in [1.165, 1.54) is 6.42 Å². The molecule has 1 atom stereocenters. The number of hydrogen-bond donors (Lipinski definition) is 2. The number of fused-ring (bicyclic) bond motifs is 1. The molecule has 1 aromatic rings. The lowest BCUT2D eigenvalue weighted by Gasteiger charge is -2.26. The van der Waals surface area contributed by atoms with E-state index in [1.54, 1.807) is 5.01 Å². The third-order valence-electron chi connectivity index (χ3n) is 6.16. The molecule has 3 heterocycles. The maximum absolute atomic E-state index is 13.0. The third kappa shape index (κ3) is 4.56. The van der Waals surface area contributed by atoms with Crippen LogP contribution in [0, 0.1) is 0 Å². The molecule has 0 radical (unpaired) electrons. The quantitative estimate of drug-likeness (QED) is 0.605. The Hall–Kier alpha value is -2.71. The van der Waals surface area contributed by atoms with Crippen molar-refractivity contribution >= 4 is 17.5 Å². The summed E-state index contributed by atoms with van der Waals surface area (Å²) in [6.07, 6.45) is 5.28. The van der Waals surface area contributed by atoms with Crippen molar-refractivity contribution in [1.82, 2.24) is 20.7 Å². The Morgan fingerprint density at radius 3 is 2.72 bits per heavy atom. The van der Waals surface area contributed by atoms with Crippen LogP contribution in [-0.2, 0) is 4.79 Å². The van der Waals surface area contributed by atoms with Crippen LogP contribution in [0.2, 0.25) is 0 Å². The summed E-state index contributed by atoms with van der Waals surface area (Å²) >= 11 is 0. The van der Waals surface area contributed by atoms with Gasteiger partial charge in [0.25, 0.3) is 5.91 Å². The highest BCUT2D eigenvalue weighted by atomic mass is 16.5. The molecule has 0 aliphatic carbocycles. The van der Waals surface area contributed by atoms with Crippen LogP contribution in [0.5, 0.6) is 5.75 Å². The summed E-state index contributed by atoms with van der Waals surface area (Å²) in [6.45, 7) is 6.83. The van der Waals surface area contributed by atoms with Crippen molar-refractivity contribution < 1.29 is 14.3 Å². The van der Waals surface area contributed by atoms with E-state index in [9.17, 15) is 9.59 Å². The van der Waals surface area contributed by atoms with E-state index in [2.05, 4.69) is 22.6 Å². The van der Waals surface area contributed by atoms with Gasteiger partial charge in [0.2, 0.25) is 0 Å². The SMILES string of the molecule is CCCC1=C2N=C(c3cc(C(=O)CN4CCCCC4)ccc3OCC)NC(=O)C2N(C)N1. The van der Waals surface area contributed by atoms with E-state index in [1.807, 2.05) is 32.2 Å². The molecule has 1 fully saturated rings. The number of likely N-dealkylation sites (tertiary alicyclic amines) is 1. The molecule has 1 unspecified atom stereocenters. The van der Waals surface area contributed by atoms with Crippen LogP contribution in [0.15, 0.2) is 34.6 Å². The zero-order chi connectivity index (χ0) is 22.7. The Morgan fingerprint density at radius 1 is 1.22 bits per heavy atom. The van der Waals surface area contributed by atoms with Gasteiger partial charge < -0.3 is 15.5 Å². The Bertz CT molecular complexity index is 949. The van der Waals surface area contributed by atoms with Crippen molar-refractivity contribution in [2.75, 3.05) is 33.3 Å². The minimum absolute atomic E-state index is 0.0740. The molecule has 8 heteroatoms. The number of allylic oxidation sites excluding steroid dienone is 1. The van der Waals surface area contributed by atoms with E-state index in [0.717, 1.165) is 50.2 Å². The number of likely N-dealkylation sites (N-methyl/N-ethyl adjacent to an activating group) is 1. The van der Waals surface area contributed by atoms with Gasteiger partial charge in [-0.05, 0) is 57.5 Å². The Balaban J connectivity index is 1.68. The van der Waals surface area contributed by atoms with Gasteiger partial charge in [-0.25, -0.2) is 10.0 Å². The van der Waals surface area contributed by atoms with Gasteiger partial charge in [0.15, 0.2) is 11.8 Å². The molecule has 0 aromatic heterocycles. The van der Waals surface area contributed by atoms with Gasteiger partial charge in [-0.1, -0.05) is 19.8 Å². The molecule has 3 aliphatic heterocycles. The van der Waals surface area contributed by atoms with Crippen LogP contribution < -0.4 is 15.5 Å². The molecule has 3 aliphatic rings. The summed E-state index contributed by atoms with van der Waals surface area (Å²) in [7, 11) is 1.85. The Labute approximate surface area is 189 Å². The van der Waals surface area contributed by atoms with Gasteiger partial charge in [0, 0.05) is 12.6 Å². The zero-order valence-corrected chi connectivity index (χ0v) is 19.2. The Morgan fingerprint density at radius 2 is 2.00 bits per heavy atom. The fourth-order valence-electron chi connectivity index (χ4n) is 4.59. The van der Waals surface area contributed by atoms with Crippen LogP contribution in [0.25, 0.3) is 0 Å². The normalized spacial score (nSPS) is 21.7. The first-order valence-corrected chi connectivity index (χ1v) is 11.7. The van der Waals surface area contributed by atoms with Crippen LogP contribution in [0.3, 0.4) is 0 Å². The number of carbonyl (C=O) groups excluding carboxylic acids is 2. The molecule has 2 N–H and O–H groups in total. The van der Waals surface area contributed by atoms with E-state index >= 15 is 0 Å². The van der Waals surface area contributed by atoms with Crippen molar-refractivity contribution in [3.63, 3.8) is 0 Å². The van der Waals surface area contributed by atoms with E-state index in [4.69, 9.17) is 9.73 Å². The highest BCUT2D eigenvalue weighted by Crippen LogP contribution is 2.29. The number of Topliss-reactive ketones (excluding diaryl/α,β-unsaturated/α-hetero) is 1. The number of hydrazine groups is 1. The summed E-state index contributed by atoms with van der Waals surface area (Å²) in [4.78, 5) is 33.0. The van der Waals surface area contributed by atoms with E-state index in [0.29, 0.717) is 35.9 Å². The second-order valence-electron chi connectivity index (χ2n) is 8.59. The lowest BCUT2D eigenvalue weighted by atomic mass is 10.0. The monoisotopic (exact) mass is 439 g/mol. The van der Waals surface area contributed by atoms with Crippen LogP contribution in [-0.4, -0.2) is 66.8 Å². The molecule has 172 valence electrons. The number of carbonyl (C=O) groups is 2. The number of benzene rings is 1. The third-order valence-corrected chi connectivity index (χ3v) is 6.16. The molecule has 0 spiro atoms. The van der Waals surface area contributed by atoms with E-state index < -0.39 is 6.04 Å².